The van der Waals surface area contributed by atoms with E-state index in [-0.39, 0.29) is 12.1 Å². The van der Waals surface area contributed by atoms with Crippen LogP contribution in [-0.2, 0) is 0 Å². The van der Waals surface area contributed by atoms with Crippen molar-refractivity contribution in [2.24, 2.45) is 0 Å². The predicted molar refractivity (Wildman–Crippen MR) is 95.2 cm³/mol. The van der Waals surface area contributed by atoms with Gasteiger partial charge in [0.15, 0.2) is 0 Å². The highest BCUT2D eigenvalue weighted by molar-refractivity contribution is 5.90. The van der Waals surface area contributed by atoms with Crippen molar-refractivity contribution < 1.29 is 14.6 Å². The predicted octanol–water partition coefficient (Wildman–Crippen LogP) is 3.72. The Labute approximate surface area is 142 Å². The topological polar surface area (TPSA) is 70.6 Å². The smallest absolute Gasteiger partial charge is 0.319 e. The lowest BCUT2D eigenvalue weighted by molar-refractivity contribution is 0.167. The normalized spacial score (nSPS) is 11.8. The number of aliphatic hydroxyl groups is 1. The molecule has 0 fully saturated rings. The van der Waals surface area contributed by atoms with Gasteiger partial charge in [-0.3, -0.25) is 0 Å². The third-order valence-corrected chi connectivity index (χ3v) is 3.39. The number of amides is 2. The molecule has 128 valence electrons. The number of carbonyl (C=O) groups excluding carboxylic acids is 1. The van der Waals surface area contributed by atoms with Crippen LogP contribution in [0.3, 0.4) is 0 Å². The molecule has 0 aliphatic rings. The third kappa shape index (κ3) is 5.59. The van der Waals surface area contributed by atoms with E-state index in [1.807, 2.05) is 62.4 Å². The molecule has 2 amide bonds. The fourth-order valence-electron chi connectivity index (χ4n) is 2.26. The Morgan fingerprint density at radius 1 is 1.08 bits per heavy atom. The molecular weight excluding hydrogens is 304 g/mol. The number of benzene rings is 2. The Bertz CT molecular complexity index is 644. The van der Waals surface area contributed by atoms with Crippen LogP contribution in [0.15, 0.2) is 54.6 Å². The van der Waals surface area contributed by atoms with Gasteiger partial charge in [-0.25, -0.2) is 4.79 Å². The van der Waals surface area contributed by atoms with Gasteiger partial charge in [-0.15, -0.1) is 0 Å². The number of para-hydroxylation sites is 2. The van der Waals surface area contributed by atoms with Crippen molar-refractivity contribution in [1.29, 1.82) is 0 Å². The van der Waals surface area contributed by atoms with E-state index in [1.165, 1.54) is 0 Å². The minimum atomic E-state index is -0.594. The van der Waals surface area contributed by atoms with Gasteiger partial charge in [0.1, 0.15) is 5.75 Å². The van der Waals surface area contributed by atoms with Crippen molar-refractivity contribution in [3.63, 3.8) is 0 Å². The maximum absolute atomic E-state index is 12.0. The van der Waals surface area contributed by atoms with Crippen molar-refractivity contribution in [2.75, 3.05) is 11.9 Å². The molecule has 24 heavy (non-hydrogen) atoms. The molecule has 0 heterocycles. The Morgan fingerprint density at radius 2 is 1.75 bits per heavy atom. The van der Waals surface area contributed by atoms with Crippen molar-refractivity contribution in [3.05, 3.63) is 60.2 Å². The number of hydrogen-bond donors (Lipinski definition) is 3. The maximum atomic E-state index is 12.0. The Kier molecular flexibility index (Phi) is 6.63. The van der Waals surface area contributed by atoms with Crippen LogP contribution in [-0.4, -0.2) is 23.8 Å². The van der Waals surface area contributed by atoms with Crippen molar-refractivity contribution in [3.8, 4) is 5.75 Å². The number of hydrogen-bond acceptors (Lipinski definition) is 3. The first-order valence-corrected chi connectivity index (χ1v) is 8.10. The summed E-state index contributed by atoms with van der Waals surface area (Å²) >= 11 is 0. The van der Waals surface area contributed by atoms with Crippen molar-refractivity contribution in [1.82, 2.24) is 5.32 Å². The summed E-state index contributed by atoms with van der Waals surface area (Å²) in [6.07, 6.45) is -0.123. The van der Waals surface area contributed by atoms with Crippen LogP contribution in [0.1, 0.15) is 31.9 Å². The minimum Gasteiger partial charge on any atom is -0.489 e. The number of anilines is 1. The fourth-order valence-corrected chi connectivity index (χ4v) is 2.26. The maximum Gasteiger partial charge on any atom is 0.319 e. The summed E-state index contributed by atoms with van der Waals surface area (Å²) in [5, 5.41) is 15.6. The van der Waals surface area contributed by atoms with E-state index >= 15 is 0 Å². The molecule has 0 spiro atoms. The van der Waals surface area contributed by atoms with Crippen LogP contribution < -0.4 is 15.4 Å². The van der Waals surface area contributed by atoms with E-state index < -0.39 is 6.10 Å². The second kappa shape index (κ2) is 8.93. The zero-order chi connectivity index (χ0) is 17.4. The van der Waals surface area contributed by atoms with Crippen LogP contribution in [0.5, 0.6) is 5.75 Å². The first-order chi connectivity index (χ1) is 11.6. The molecule has 2 aromatic carbocycles. The number of carbonyl (C=O) groups is 1. The molecule has 0 aromatic heterocycles. The first-order valence-electron chi connectivity index (χ1n) is 8.10. The Hall–Kier alpha value is -2.53. The van der Waals surface area contributed by atoms with Gasteiger partial charge in [0.2, 0.25) is 0 Å². The van der Waals surface area contributed by atoms with E-state index in [2.05, 4.69) is 10.6 Å². The van der Waals surface area contributed by atoms with Gasteiger partial charge < -0.3 is 20.5 Å². The molecule has 3 N–H and O–H groups in total. The summed E-state index contributed by atoms with van der Waals surface area (Å²) in [6.45, 7) is 4.23. The third-order valence-electron chi connectivity index (χ3n) is 3.39. The van der Waals surface area contributed by atoms with Crippen LogP contribution in [0.4, 0.5) is 10.5 Å². The number of urea groups is 1. The molecule has 2 aromatic rings. The standard InChI is InChI=1S/C19H24N2O3/c1-14(2)24-18-11-7-6-10-16(18)21-19(23)20-13-12-17(22)15-8-4-3-5-9-15/h3-11,14,17,22H,12-13H2,1-2H3,(H2,20,21,23). The molecule has 2 rings (SSSR count). The van der Waals surface area contributed by atoms with Gasteiger partial charge in [-0.05, 0) is 38.0 Å². The second-order valence-electron chi connectivity index (χ2n) is 5.76. The first kappa shape index (κ1) is 17.8. The Morgan fingerprint density at radius 3 is 2.46 bits per heavy atom. The highest BCUT2D eigenvalue weighted by Crippen LogP contribution is 2.24. The van der Waals surface area contributed by atoms with Gasteiger partial charge in [-0.1, -0.05) is 42.5 Å². The number of nitrogens with one attached hydrogen (secondary N) is 2. The van der Waals surface area contributed by atoms with Gasteiger partial charge in [0.25, 0.3) is 0 Å². The molecule has 0 aliphatic carbocycles. The van der Waals surface area contributed by atoms with Gasteiger partial charge in [0, 0.05) is 6.54 Å². The van der Waals surface area contributed by atoms with E-state index in [0.29, 0.717) is 24.4 Å². The van der Waals surface area contributed by atoms with Crippen LogP contribution in [0.2, 0.25) is 0 Å². The lowest BCUT2D eigenvalue weighted by Crippen LogP contribution is -2.30. The summed E-state index contributed by atoms with van der Waals surface area (Å²) in [5.74, 6) is 0.631. The molecule has 1 unspecified atom stereocenters. The van der Waals surface area contributed by atoms with Crippen LogP contribution in [0, 0.1) is 0 Å². The molecule has 0 saturated heterocycles. The molecule has 0 aliphatic heterocycles. The summed E-state index contributed by atoms with van der Waals surface area (Å²) < 4.78 is 5.66. The summed E-state index contributed by atoms with van der Waals surface area (Å²) in [5.41, 5.74) is 1.46. The minimum absolute atomic E-state index is 0.0250. The lowest BCUT2D eigenvalue weighted by atomic mass is 10.1. The largest absolute Gasteiger partial charge is 0.489 e. The molecule has 0 saturated carbocycles. The molecule has 5 nitrogen and oxygen atoms in total. The van der Waals surface area contributed by atoms with Crippen LogP contribution >= 0.6 is 0 Å². The average Bonchev–Trinajstić information content (AvgIpc) is 2.57. The van der Waals surface area contributed by atoms with Crippen molar-refractivity contribution >= 4 is 11.7 Å². The van der Waals surface area contributed by atoms with E-state index in [9.17, 15) is 9.90 Å². The van der Waals surface area contributed by atoms with E-state index in [1.54, 1.807) is 6.07 Å². The van der Waals surface area contributed by atoms with Crippen molar-refractivity contribution in [2.45, 2.75) is 32.5 Å². The second-order valence-corrected chi connectivity index (χ2v) is 5.76. The van der Waals surface area contributed by atoms with E-state index in [0.717, 1.165) is 5.56 Å². The quantitative estimate of drug-likeness (QED) is 0.725. The molecule has 5 heteroatoms. The highest BCUT2D eigenvalue weighted by Gasteiger charge is 2.10. The monoisotopic (exact) mass is 328 g/mol. The highest BCUT2D eigenvalue weighted by atomic mass is 16.5. The lowest BCUT2D eigenvalue weighted by Gasteiger charge is -2.15. The molecule has 0 radical (unpaired) electrons. The molecule has 1 atom stereocenters. The van der Waals surface area contributed by atoms with E-state index in [4.69, 9.17) is 4.74 Å². The summed E-state index contributed by atoms with van der Waals surface area (Å²) in [7, 11) is 0. The summed E-state index contributed by atoms with van der Waals surface area (Å²) in [6, 6.07) is 16.4. The SMILES string of the molecule is CC(C)Oc1ccccc1NC(=O)NCCC(O)c1ccccc1. The van der Waals surface area contributed by atoms with Gasteiger partial charge in [-0.2, -0.15) is 0 Å². The van der Waals surface area contributed by atoms with Gasteiger partial charge in [0.05, 0.1) is 17.9 Å². The van der Waals surface area contributed by atoms with Gasteiger partial charge >= 0.3 is 6.03 Å². The molecular formula is C19H24N2O3. The fraction of sp³-hybridized carbons (Fsp3) is 0.316. The number of rotatable bonds is 7. The van der Waals surface area contributed by atoms with Crippen LogP contribution in [0.25, 0.3) is 0 Å². The zero-order valence-electron chi connectivity index (χ0n) is 14.0. The Balaban J connectivity index is 1.82. The summed E-state index contributed by atoms with van der Waals surface area (Å²) in [4.78, 5) is 12.0. The number of ether oxygens (including phenoxy) is 1. The zero-order valence-corrected chi connectivity index (χ0v) is 14.0. The molecule has 0 bridgehead atoms. The average molecular weight is 328 g/mol. The number of aliphatic hydroxyl groups excluding tert-OH is 1.